The molecule has 0 rings (SSSR count). The Kier molecular flexibility index (Phi) is 13.0. The molecule has 0 aliphatic carbocycles. The van der Waals surface area contributed by atoms with Crippen LogP contribution in [0.3, 0.4) is 0 Å². The second-order valence-corrected chi connectivity index (χ2v) is 5.06. The van der Waals surface area contributed by atoms with Crippen LogP contribution >= 0.6 is 50.8 Å². The van der Waals surface area contributed by atoms with Gasteiger partial charge in [-0.25, -0.2) is 4.79 Å². The van der Waals surface area contributed by atoms with E-state index in [0.717, 1.165) is 0 Å². The number of aliphatic hydroxyl groups excluding tert-OH is 4. The topological polar surface area (TPSA) is 107 Å². The van der Waals surface area contributed by atoms with E-state index < -0.39 is 37.8 Å². The van der Waals surface area contributed by atoms with Crippen LogP contribution in [0.25, 0.3) is 0 Å². The van der Waals surface area contributed by atoms with Crippen LogP contribution in [0.15, 0.2) is 9.14 Å². The van der Waals surface area contributed by atoms with Gasteiger partial charge in [-0.1, -0.05) is 0 Å². The smallest absolute Gasteiger partial charge is 0.357 e. The van der Waals surface area contributed by atoms with Crippen LogP contribution in [0, 0.1) is 5.41 Å². The van der Waals surface area contributed by atoms with E-state index in [2.05, 4.69) is 55.0 Å². The lowest BCUT2D eigenvalue weighted by atomic mass is 9.93. The molecule has 0 radical (unpaired) electrons. The van der Waals surface area contributed by atoms with Crippen molar-refractivity contribution >= 4 is 56.8 Å². The van der Waals surface area contributed by atoms with Gasteiger partial charge in [0.2, 0.25) is 0 Å². The molecule has 0 aliphatic heterocycles. The summed E-state index contributed by atoms with van der Waals surface area (Å²) in [5, 5.41) is 34.0. The molecule has 0 aromatic carbocycles. The predicted molar refractivity (Wildman–Crippen MR) is 79.8 cm³/mol. The van der Waals surface area contributed by atoms with Gasteiger partial charge in [0.05, 0.1) is 36.1 Å². The first kappa shape index (κ1) is 20.8. The molecule has 0 bridgehead atoms. The van der Waals surface area contributed by atoms with Crippen molar-refractivity contribution in [3.05, 3.63) is 9.14 Å². The Morgan fingerprint density at radius 1 is 0.944 bits per heavy atom. The minimum absolute atomic E-state index is 0.0386. The molecule has 0 fully saturated rings. The SMILES string of the molecule is O=C(OS)C(S)=C(S)S.OCC(CO)(CO)CO. The normalized spacial score (nSPS) is 10.2. The number of aliphatic hydroxyl groups is 4. The second-order valence-electron chi connectivity index (χ2n) is 3.18. The Labute approximate surface area is 127 Å². The number of thiol groups is 4. The minimum atomic E-state index is -1.11. The van der Waals surface area contributed by atoms with Crippen LogP contribution < -0.4 is 0 Å². The van der Waals surface area contributed by atoms with Gasteiger partial charge in [0.25, 0.3) is 0 Å². The van der Waals surface area contributed by atoms with Crippen molar-refractivity contribution < 1.29 is 29.4 Å². The highest BCUT2D eigenvalue weighted by atomic mass is 32.2. The molecule has 0 aliphatic rings. The maximum Gasteiger partial charge on any atom is 0.357 e. The van der Waals surface area contributed by atoms with E-state index >= 15 is 0 Å². The predicted octanol–water partition coefficient (Wildman–Crippen LogP) is -0.725. The van der Waals surface area contributed by atoms with E-state index in [1.54, 1.807) is 0 Å². The number of hydrogen-bond donors (Lipinski definition) is 8. The van der Waals surface area contributed by atoms with Gasteiger partial charge in [-0.2, -0.15) is 0 Å². The molecule has 10 heteroatoms. The molecule has 0 saturated carbocycles. The fourth-order valence-electron chi connectivity index (χ4n) is 0.435. The van der Waals surface area contributed by atoms with Gasteiger partial charge in [0.1, 0.15) is 4.91 Å². The van der Waals surface area contributed by atoms with Crippen molar-refractivity contribution in [3.63, 3.8) is 0 Å². The van der Waals surface area contributed by atoms with Crippen molar-refractivity contribution in [1.29, 1.82) is 0 Å². The third kappa shape index (κ3) is 7.79. The van der Waals surface area contributed by atoms with Gasteiger partial charge in [0.15, 0.2) is 0 Å². The monoisotopic (exact) mass is 336 g/mol. The molecule has 4 N–H and O–H groups in total. The van der Waals surface area contributed by atoms with Crippen LogP contribution in [-0.2, 0) is 8.98 Å². The summed E-state index contributed by atoms with van der Waals surface area (Å²) < 4.78 is 4.20. The molecule has 0 aromatic heterocycles. The van der Waals surface area contributed by atoms with Gasteiger partial charge in [-0.15, -0.1) is 37.9 Å². The number of hydrogen-bond acceptors (Lipinski definition) is 10. The van der Waals surface area contributed by atoms with Gasteiger partial charge in [-0.05, 0) is 0 Å². The average molecular weight is 336 g/mol. The summed E-state index contributed by atoms with van der Waals surface area (Å²) in [4.78, 5) is 10.5. The second kappa shape index (κ2) is 11.3. The Morgan fingerprint density at radius 2 is 1.28 bits per heavy atom. The van der Waals surface area contributed by atoms with Gasteiger partial charge >= 0.3 is 5.97 Å². The lowest BCUT2D eigenvalue weighted by Crippen LogP contribution is -2.37. The number of carbonyl (C=O) groups excluding carboxylic acids is 1. The van der Waals surface area contributed by atoms with E-state index in [1.165, 1.54) is 0 Å². The summed E-state index contributed by atoms with van der Waals surface area (Å²) in [6.07, 6.45) is 0. The van der Waals surface area contributed by atoms with E-state index in [9.17, 15) is 4.79 Å². The van der Waals surface area contributed by atoms with Crippen LogP contribution in [0.5, 0.6) is 0 Å². The van der Waals surface area contributed by atoms with E-state index in [4.69, 9.17) is 20.4 Å². The zero-order chi connectivity index (χ0) is 14.8. The zero-order valence-corrected chi connectivity index (χ0v) is 12.8. The van der Waals surface area contributed by atoms with Crippen molar-refractivity contribution in [2.24, 2.45) is 5.41 Å². The quantitative estimate of drug-likeness (QED) is 0.191. The average Bonchev–Trinajstić information content (AvgIpc) is 2.41. The van der Waals surface area contributed by atoms with Gasteiger partial charge in [-0.3, -0.25) is 0 Å². The fraction of sp³-hybridized carbons (Fsp3) is 0.625. The Hall–Kier alpha value is 0.450. The lowest BCUT2D eigenvalue weighted by molar-refractivity contribution is -0.127. The van der Waals surface area contributed by atoms with Crippen molar-refractivity contribution in [2.75, 3.05) is 26.4 Å². The third-order valence-corrected chi connectivity index (χ3v) is 3.20. The molecule has 0 saturated heterocycles. The highest BCUT2D eigenvalue weighted by Gasteiger charge is 2.26. The first-order chi connectivity index (χ1) is 8.33. The Balaban J connectivity index is 0. The molecule has 0 aromatic rings. The molecule has 0 atom stereocenters. The lowest BCUT2D eigenvalue weighted by Gasteiger charge is -2.23. The Morgan fingerprint density at radius 3 is 1.33 bits per heavy atom. The Bertz CT molecular complexity index is 257. The van der Waals surface area contributed by atoms with E-state index in [-0.39, 0.29) is 9.14 Å². The molecule has 0 amide bonds. The standard InChI is InChI=1S/C5H12O4.C3H4O2S4/c6-1-5(2-7,3-8)4-9;4-2(5-9)1(6)3(7)8/h6-9H,1-4H2;6-9H. The van der Waals surface area contributed by atoms with Gasteiger partial charge < -0.3 is 24.6 Å². The van der Waals surface area contributed by atoms with Crippen molar-refractivity contribution in [3.8, 4) is 0 Å². The highest BCUT2D eigenvalue weighted by Crippen LogP contribution is 2.17. The zero-order valence-electron chi connectivity index (χ0n) is 9.22. The molecule has 0 heterocycles. The first-order valence-corrected chi connectivity index (χ1v) is 6.15. The minimum Gasteiger partial charge on any atom is -0.396 e. The summed E-state index contributed by atoms with van der Waals surface area (Å²) in [6, 6.07) is 0. The maximum atomic E-state index is 10.4. The number of carbonyl (C=O) groups is 1. The summed E-state index contributed by atoms with van der Waals surface area (Å²) in [7, 11) is 0. The first-order valence-electron chi connectivity index (χ1n) is 4.44. The highest BCUT2D eigenvalue weighted by molar-refractivity contribution is 8.06. The van der Waals surface area contributed by atoms with Gasteiger partial charge in [0, 0.05) is 12.9 Å². The van der Waals surface area contributed by atoms with Crippen LogP contribution in [-0.4, -0.2) is 52.8 Å². The van der Waals surface area contributed by atoms with E-state index in [1.807, 2.05) is 0 Å². The molecular weight excluding hydrogens is 320 g/mol. The molecular formula is C8H16O6S4. The molecule has 0 spiro atoms. The van der Waals surface area contributed by atoms with Crippen LogP contribution in [0.4, 0.5) is 0 Å². The summed E-state index contributed by atoms with van der Waals surface area (Å²) in [5.74, 6) is -0.665. The van der Waals surface area contributed by atoms with Crippen molar-refractivity contribution in [1.82, 2.24) is 0 Å². The fourth-order valence-corrected chi connectivity index (χ4v) is 0.826. The molecule has 0 unspecified atom stereocenters. The molecule has 6 nitrogen and oxygen atoms in total. The van der Waals surface area contributed by atoms with E-state index in [0.29, 0.717) is 0 Å². The maximum absolute atomic E-state index is 10.4. The largest absolute Gasteiger partial charge is 0.396 e. The van der Waals surface area contributed by atoms with Crippen LogP contribution in [0.1, 0.15) is 0 Å². The van der Waals surface area contributed by atoms with Crippen LogP contribution in [0.2, 0.25) is 0 Å². The molecule has 108 valence electrons. The van der Waals surface area contributed by atoms with Crippen molar-refractivity contribution in [2.45, 2.75) is 0 Å². The summed E-state index contributed by atoms with van der Waals surface area (Å²) in [6.45, 7) is -1.62. The summed E-state index contributed by atoms with van der Waals surface area (Å²) >= 11 is 14.4. The third-order valence-electron chi connectivity index (χ3n) is 1.83. The number of rotatable bonds is 5. The molecule has 18 heavy (non-hydrogen) atoms. The summed E-state index contributed by atoms with van der Waals surface area (Å²) in [5.41, 5.74) is -1.11.